The molecular weight excluding hydrogens is 460 g/mol. The summed E-state index contributed by atoms with van der Waals surface area (Å²) in [5, 5.41) is 12.0. The molecule has 4 rings (SSSR count). The van der Waals surface area contributed by atoms with Gasteiger partial charge in [0, 0.05) is 25.5 Å². The maximum Gasteiger partial charge on any atom is 0.381 e. The fraction of sp³-hybridized carbons (Fsp3) is 0.0952. The van der Waals surface area contributed by atoms with Gasteiger partial charge in [0.2, 0.25) is 0 Å². The lowest BCUT2D eigenvalue weighted by molar-refractivity contribution is -2.00. The molecule has 0 bridgehead atoms. The van der Waals surface area contributed by atoms with E-state index in [2.05, 4.69) is 9.98 Å². The normalized spacial score (nSPS) is 11.9. The molecule has 0 saturated heterocycles. The Labute approximate surface area is 187 Å². The van der Waals surface area contributed by atoms with E-state index in [0.717, 1.165) is 16.3 Å². The molecule has 11 heteroatoms. The first-order valence-electron chi connectivity index (χ1n) is 9.03. The lowest BCUT2D eigenvalue weighted by Gasteiger charge is -2.17. The lowest BCUT2D eigenvalue weighted by atomic mass is 10.1. The third-order valence-electron chi connectivity index (χ3n) is 4.16. The number of aromatic hydroxyl groups is 1. The molecule has 166 valence electrons. The Bertz CT molecular complexity index is 1320. The maximum atomic E-state index is 11.7. The van der Waals surface area contributed by atoms with Gasteiger partial charge >= 0.3 is 5.13 Å². The monoisotopic (exact) mass is 476 g/mol. The molecule has 0 spiro atoms. The number of Topliss-reactive ketones (excluding diaryl/α,β-unsaturated/α-hetero) is 1. The van der Waals surface area contributed by atoms with Crippen LogP contribution < -0.4 is 29.0 Å². The number of hydrogen-bond donors (Lipinski definition) is 2. The van der Waals surface area contributed by atoms with E-state index in [-0.39, 0.29) is 11.5 Å². The Morgan fingerprint density at radius 1 is 1.09 bits per heavy atom. The third-order valence-corrected chi connectivity index (χ3v) is 5.34. The van der Waals surface area contributed by atoms with Gasteiger partial charge in [0.05, 0.1) is 5.39 Å². The van der Waals surface area contributed by atoms with Crippen molar-refractivity contribution in [1.29, 1.82) is 0 Å². The molecule has 2 aromatic carbocycles. The average molecular weight is 477 g/mol. The minimum absolute atomic E-state index is 0.00594. The van der Waals surface area contributed by atoms with Crippen LogP contribution in [0.4, 0.5) is 5.13 Å². The zero-order valence-electron chi connectivity index (χ0n) is 16.8. The summed E-state index contributed by atoms with van der Waals surface area (Å²) in [5.74, 6) is 0.831. The fourth-order valence-corrected chi connectivity index (χ4v) is 3.79. The predicted octanol–water partition coefficient (Wildman–Crippen LogP) is -1.67. The molecule has 0 unspecified atom stereocenters. The van der Waals surface area contributed by atoms with Gasteiger partial charge < -0.3 is 9.52 Å². The van der Waals surface area contributed by atoms with Crippen LogP contribution in [0.5, 0.6) is 5.75 Å². The van der Waals surface area contributed by atoms with E-state index in [9.17, 15) is 9.90 Å². The van der Waals surface area contributed by atoms with Crippen molar-refractivity contribution >= 4 is 33.2 Å². The highest BCUT2D eigenvalue weighted by Gasteiger charge is 2.18. The van der Waals surface area contributed by atoms with E-state index in [1.807, 2.05) is 43.3 Å². The largest absolute Gasteiger partial charge is 0.508 e. The number of halogens is 1. The van der Waals surface area contributed by atoms with Crippen LogP contribution in [0.2, 0.25) is 0 Å². The van der Waals surface area contributed by atoms with Crippen molar-refractivity contribution in [3.8, 4) is 17.1 Å². The van der Waals surface area contributed by atoms with E-state index in [0.29, 0.717) is 27.0 Å². The van der Waals surface area contributed by atoms with Gasteiger partial charge in [-0.15, -0.1) is 10.2 Å². The molecule has 0 aliphatic carbocycles. The molecule has 9 nitrogen and oxygen atoms in total. The first-order valence-corrected chi connectivity index (χ1v) is 11.1. The molecule has 0 aliphatic heterocycles. The van der Waals surface area contributed by atoms with Crippen molar-refractivity contribution in [2.75, 3.05) is 0 Å². The van der Waals surface area contributed by atoms with Crippen LogP contribution in [0, 0.1) is 17.2 Å². The smallest absolute Gasteiger partial charge is 0.381 e. The summed E-state index contributed by atoms with van der Waals surface area (Å²) in [5.41, 5.74) is 2.28. The highest BCUT2D eigenvalue weighted by Crippen LogP contribution is 2.24. The fourth-order valence-electron chi connectivity index (χ4n) is 2.91. The molecule has 2 heterocycles. The minimum Gasteiger partial charge on any atom is -0.508 e. The number of benzene rings is 2. The predicted molar refractivity (Wildman–Crippen MR) is 104 cm³/mol. The van der Waals surface area contributed by atoms with Gasteiger partial charge in [0.1, 0.15) is 27.3 Å². The number of fused-ring (bicyclic) bond motifs is 1. The van der Waals surface area contributed by atoms with Crippen molar-refractivity contribution in [2.24, 2.45) is 0 Å². The Morgan fingerprint density at radius 3 is 2.34 bits per heavy atom. The zero-order valence-corrected chi connectivity index (χ0v) is 18.4. The van der Waals surface area contributed by atoms with Crippen molar-refractivity contribution < 1.29 is 48.2 Å². The summed E-state index contributed by atoms with van der Waals surface area (Å²) in [7, 11) is -4.94. The van der Waals surface area contributed by atoms with Crippen LogP contribution in [0.15, 0.2) is 59.0 Å². The number of aromatic nitrogens is 1. The number of nitrogens with zero attached hydrogens (tertiary/aromatic N) is 1. The summed E-state index contributed by atoms with van der Waals surface area (Å²) in [6, 6.07) is 16.6. The molecule has 0 fully saturated rings. The maximum absolute atomic E-state index is 11.7. The number of carbonyl (C=O) groups is 1. The average Bonchev–Trinajstić information content (AvgIpc) is 3.08. The molecule has 0 aliphatic rings. The van der Waals surface area contributed by atoms with Crippen LogP contribution in [0.1, 0.15) is 22.3 Å². The summed E-state index contributed by atoms with van der Waals surface area (Å²) in [4.78, 5) is 20.1. The van der Waals surface area contributed by atoms with Gasteiger partial charge in [-0.2, -0.15) is 0 Å². The van der Waals surface area contributed by atoms with Crippen molar-refractivity contribution in [3.63, 3.8) is 0 Å². The van der Waals surface area contributed by atoms with Crippen LogP contribution >= 0.6 is 11.3 Å². The van der Waals surface area contributed by atoms with E-state index in [1.54, 1.807) is 18.2 Å². The Hall–Kier alpha value is -3.12. The highest BCUT2D eigenvalue weighted by atomic mass is 35.7. The lowest BCUT2D eigenvalue weighted by Crippen LogP contribution is -2.70. The number of carbonyl (C=O) groups excluding carboxylic acids is 1. The number of nitrogens with one attached hydrogen (secondary N) is 1. The Balaban J connectivity index is 0.000000523. The summed E-state index contributed by atoms with van der Waals surface area (Å²) >= 11 is 1.31. The van der Waals surface area contributed by atoms with Crippen LogP contribution in [-0.4, -0.2) is 15.9 Å². The number of thiazole rings is 1. The Kier molecular flexibility index (Phi) is 7.04. The second-order valence-corrected chi connectivity index (χ2v) is 8.32. The number of ketones is 1. The third kappa shape index (κ3) is 6.20. The molecule has 2 aromatic heterocycles. The zero-order chi connectivity index (χ0) is 23.5. The van der Waals surface area contributed by atoms with Crippen LogP contribution in [0.25, 0.3) is 22.3 Å². The van der Waals surface area contributed by atoms with Crippen LogP contribution in [-0.2, 0) is 0 Å². The number of rotatable bonds is 3. The van der Waals surface area contributed by atoms with E-state index in [4.69, 9.17) is 23.1 Å². The van der Waals surface area contributed by atoms with Crippen molar-refractivity contribution in [2.45, 2.75) is 13.8 Å². The van der Waals surface area contributed by atoms with Crippen LogP contribution in [0.3, 0.4) is 0 Å². The quantitative estimate of drug-likeness (QED) is 0.330. The summed E-state index contributed by atoms with van der Waals surface area (Å²) < 4.78 is 40.0. The molecule has 32 heavy (non-hydrogen) atoms. The molecule has 0 atom stereocenters. The van der Waals surface area contributed by atoms with Crippen molar-refractivity contribution in [3.05, 3.63) is 70.5 Å². The van der Waals surface area contributed by atoms with Gasteiger partial charge in [0.25, 0.3) is 0 Å². The second-order valence-electron chi connectivity index (χ2n) is 6.56. The summed E-state index contributed by atoms with van der Waals surface area (Å²) in [6.07, 6.45) is 0. The summed E-state index contributed by atoms with van der Waals surface area (Å²) in [6.45, 7) is 3.35. The van der Waals surface area contributed by atoms with Gasteiger partial charge in [-0.05, 0) is 34.5 Å². The minimum atomic E-state index is -4.94. The molecule has 2 N–H and O–H groups in total. The first-order chi connectivity index (χ1) is 15.0. The second kappa shape index (κ2) is 9.57. The molecular formula is C21H17ClN2O7S. The van der Waals surface area contributed by atoms with Crippen molar-refractivity contribution in [1.82, 2.24) is 4.98 Å². The van der Waals surface area contributed by atoms with Gasteiger partial charge in [0.15, 0.2) is 11.5 Å². The number of phenols is 1. The molecule has 0 amide bonds. The van der Waals surface area contributed by atoms with Gasteiger partial charge in [-0.3, -0.25) is 4.79 Å². The number of aryl methyl sites for hydroxylation is 1. The molecule has 4 aromatic rings. The standard InChI is InChI=1S/C21H16N2O3S.ClHO4/c1-12-20(13(2)24)27-21(22-12)23-17-11-19(14-6-4-3-5-7-14)26-18-9-8-15(25)10-16(17)18;2-1(3,4)5/h3-11,25H,1-2H3;(H,2,3,4,5)/b23-17+;. The van der Waals surface area contributed by atoms with E-state index >= 15 is 0 Å². The van der Waals surface area contributed by atoms with Gasteiger partial charge in [-0.25, -0.2) is 23.6 Å². The van der Waals surface area contributed by atoms with E-state index in [1.165, 1.54) is 18.3 Å². The first kappa shape index (κ1) is 23.5. The van der Waals surface area contributed by atoms with Gasteiger partial charge in [-0.1, -0.05) is 30.3 Å². The highest BCUT2D eigenvalue weighted by molar-refractivity contribution is 7.16. The number of phenolic OH excluding ortho intramolecular Hbond substituents is 1. The molecule has 0 radical (unpaired) electrons. The topological polar surface area (TPSA) is 170 Å². The SMILES string of the molecule is CC(=O)c1sc(/[NH+]=c2\cc(-c3ccccc3)oc3ccc(O)cc23)nc1C.[O-][Cl+3]([O-])([O-])[O-]. The molecule has 0 saturated carbocycles. The van der Waals surface area contributed by atoms with E-state index < -0.39 is 10.2 Å². The Morgan fingerprint density at radius 2 is 1.75 bits per heavy atom. The number of hydrogen-bond acceptors (Lipinski definition) is 9.